The van der Waals surface area contributed by atoms with Crippen LogP contribution >= 0.6 is 11.3 Å². The van der Waals surface area contributed by atoms with E-state index in [9.17, 15) is 13.2 Å². The van der Waals surface area contributed by atoms with Crippen molar-refractivity contribution in [3.63, 3.8) is 0 Å². The van der Waals surface area contributed by atoms with Gasteiger partial charge in [0.1, 0.15) is 5.75 Å². The Labute approximate surface area is 191 Å². The second kappa shape index (κ2) is 9.27. The molecule has 1 aliphatic rings. The van der Waals surface area contributed by atoms with E-state index in [0.717, 1.165) is 27.4 Å². The molecule has 32 heavy (non-hydrogen) atoms. The molecule has 1 aromatic heterocycles. The quantitative estimate of drug-likeness (QED) is 0.572. The molecule has 8 nitrogen and oxygen atoms in total. The highest BCUT2D eigenvalue weighted by Crippen LogP contribution is 2.31. The van der Waals surface area contributed by atoms with E-state index in [1.54, 1.807) is 31.4 Å². The summed E-state index contributed by atoms with van der Waals surface area (Å²) in [6, 6.07) is 13.9. The number of urea groups is 1. The Bertz CT molecular complexity index is 1220. The van der Waals surface area contributed by atoms with Crippen molar-refractivity contribution in [3.8, 4) is 5.75 Å². The highest BCUT2D eigenvalue weighted by molar-refractivity contribution is 7.89. The Hall–Kier alpha value is -2.95. The first-order valence-electron chi connectivity index (χ1n) is 10.1. The molecule has 168 valence electrons. The number of ether oxygens (including phenoxy) is 1. The maximum absolute atomic E-state index is 13.0. The molecule has 0 bridgehead atoms. The molecule has 2 heterocycles. The number of carbonyl (C=O) groups is 1. The maximum Gasteiger partial charge on any atom is 0.321 e. The van der Waals surface area contributed by atoms with Crippen molar-refractivity contribution in [2.24, 2.45) is 0 Å². The van der Waals surface area contributed by atoms with Crippen LogP contribution in [-0.2, 0) is 29.5 Å². The van der Waals surface area contributed by atoms with Crippen LogP contribution in [0, 0.1) is 6.92 Å². The van der Waals surface area contributed by atoms with Crippen molar-refractivity contribution in [1.82, 2.24) is 14.6 Å². The van der Waals surface area contributed by atoms with Crippen molar-refractivity contribution in [2.45, 2.75) is 31.3 Å². The molecule has 10 heteroatoms. The van der Waals surface area contributed by atoms with Crippen molar-refractivity contribution in [1.29, 1.82) is 0 Å². The molecule has 2 amide bonds. The van der Waals surface area contributed by atoms with Crippen LogP contribution in [0.15, 0.2) is 53.4 Å². The van der Waals surface area contributed by atoms with Crippen molar-refractivity contribution < 1.29 is 17.9 Å². The third-order valence-electron chi connectivity index (χ3n) is 5.16. The lowest BCUT2D eigenvalue weighted by Crippen LogP contribution is -2.35. The number of hydrogen-bond donors (Lipinski definition) is 2. The zero-order chi connectivity index (χ0) is 22.7. The van der Waals surface area contributed by atoms with Crippen LogP contribution in [0.3, 0.4) is 0 Å². The molecule has 0 aliphatic carbocycles. The van der Waals surface area contributed by atoms with Gasteiger partial charge in [-0.05, 0) is 36.8 Å². The summed E-state index contributed by atoms with van der Waals surface area (Å²) in [5.74, 6) is 0.724. The Morgan fingerprint density at radius 3 is 2.75 bits per heavy atom. The van der Waals surface area contributed by atoms with Gasteiger partial charge in [-0.25, -0.2) is 18.2 Å². The molecular weight excluding hydrogens is 448 g/mol. The molecule has 0 fully saturated rings. The van der Waals surface area contributed by atoms with Gasteiger partial charge in [0.05, 0.1) is 24.2 Å². The molecule has 0 radical (unpaired) electrons. The van der Waals surface area contributed by atoms with E-state index in [1.807, 2.05) is 31.2 Å². The van der Waals surface area contributed by atoms with E-state index in [-0.39, 0.29) is 17.5 Å². The summed E-state index contributed by atoms with van der Waals surface area (Å²) in [5.41, 5.74) is 2.75. The molecule has 0 atom stereocenters. The Morgan fingerprint density at radius 1 is 1.22 bits per heavy atom. The van der Waals surface area contributed by atoms with Gasteiger partial charge in [-0.3, -0.25) is 5.32 Å². The predicted molar refractivity (Wildman–Crippen MR) is 123 cm³/mol. The van der Waals surface area contributed by atoms with Crippen LogP contribution in [0.4, 0.5) is 9.93 Å². The average Bonchev–Trinajstić information content (AvgIpc) is 3.19. The third kappa shape index (κ3) is 4.93. The minimum absolute atomic E-state index is 0.246. The monoisotopic (exact) mass is 472 g/mol. The number of amides is 2. The second-order valence-corrected chi connectivity index (χ2v) is 10.5. The molecule has 0 spiro atoms. The summed E-state index contributed by atoms with van der Waals surface area (Å²) in [4.78, 5) is 17.9. The maximum atomic E-state index is 13.0. The zero-order valence-corrected chi connectivity index (χ0v) is 19.4. The number of nitrogens with one attached hydrogen (secondary N) is 2. The largest absolute Gasteiger partial charge is 0.497 e. The highest BCUT2D eigenvalue weighted by atomic mass is 32.2. The molecule has 2 N–H and O–H groups in total. The lowest BCUT2D eigenvalue weighted by Gasteiger charge is -2.25. The van der Waals surface area contributed by atoms with Gasteiger partial charge in [0, 0.05) is 24.4 Å². The van der Waals surface area contributed by atoms with Crippen LogP contribution in [-0.4, -0.2) is 37.4 Å². The zero-order valence-electron chi connectivity index (χ0n) is 17.8. The highest BCUT2D eigenvalue weighted by Gasteiger charge is 2.30. The summed E-state index contributed by atoms with van der Waals surface area (Å²) in [5, 5.41) is 5.99. The minimum Gasteiger partial charge on any atom is -0.497 e. The van der Waals surface area contributed by atoms with Crippen LogP contribution in [0.1, 0.15) is 21.7 Å². The molecule has 3 aromatic rings. The number of rotatable bonds is 6. The first kappa shape index (κ1) is 22.3. The van der Waals surface area contributed by atoms with E-state index in [2.05, 4.69) is 15.6 Å². The van der Waals surface area contributed by atoms with E-state index >= 15 is 0 Å². The molecule has 0 saturated heterocycles. The fourth-order valence-corrected chi connectivity index (χ4v) is 5.91. The number of anilines is 1. The van der Waals surface area contributed by atoms with E-state index < -0.39 is 10.0 Å². The number of nitrogens with zero attached hydrogens (tertiary/aromatic N) is 2. The van der Waals surface area contributed by atoms with Gasteiger partial charge in [-0.15, -0.1) is 0 Å². The van der Waals surface area contributed by atoms with Gasteiger partial charge in [0.2, 0.25) is 10.0 Å². The number of thiazole rings is 1. The first-order chi connectivity index (χ1) is 15.3. The molecule has 4 rings (SSSR count). The fourth-order valence-electron chi connectivity index (χ4n) is 3.40. The molecule has 2 aromatic carbocycles. The van der Waals surface area contributed by atoms with Gasteiger partial charge in [-0.1, -0.05) is 41.2 Å². The van der Waals surface area contributed by atoms with E-state index in [1.165, 1.54) is 15.6 Å². The summed E-state index contributed by atoms with van der Waals surface area (Å²) < 4.78 is 32.6. The Kier molecular flexibility index (Phi) is 6.45. The topological polar surface area (TPSA) is 101 Å². The SMILES string of the molecule is COc1cccc(CNC(=O)Nc2nc3c(s2)CN(S(=O)(=O)c2ccc(C)cc2)CC3)c1. The molecular formula is C22H24N4O4S2. The smallest absolute Gasteiger partial charge is 0.321 e. The van der Waals surface area contributed by atoms with Crippen LogP contribution in [0.25, 0.3) is 0 Å². The minimum atomic E-state index is -3.58. The number of hydrogen-bond acceptors (Lipinski definition) is 6. The number of aromatic nitrogens is 1. The average molecular weight is 473 g/mol. The number of sulfonamides is 1. The van der Waals surface area contributed by atoms with E-state index in [4.69, 9.17) is 4.74 Å². The second-order valence-electron chi connectivity index (χ2n) is 7.45. The lowest BCUT2D eigenvalue weighted by molar-refractivity contribution is 0.251. The van der Waals surface area contributed by atoms with Gasteiger partial charge in [0.25, 0.3) is 0 Å². The lowest BCUT2D eigenvalue weighted by atomic mass is 10.2. The molecule has 0 saturated carbocycles. The normalized spacial score (nSPS) is 13.9. The predicted octanol–water partition coefficient (Wildman–Crippen LogP) is 3.53. The molecule has 0 unspecified atom stereocenters. The third-order valence-corrected chi connectivity index (χ3v) is 8.02. The number of fused-ring (bicyclic) bond motifs is 1. The van der Waals surface area contributed by atoms with Gasteiger partial charge in [-0.2, -0.15) is 4.31 Å². The number of benzene rings is 2. The molecule has 1 aliphatic heterocycles. The van der Waals surface area contributed by atoms with Crippen LogP contribution in [0.2, 0.25) is 0 Å². The van der Waals surface area contributed by atoms with Crippen molar-refractivity contribution >= 4 is 32.5 Å². The summed E-state index contributed by atoms with van der Waals surface area (Å²) >= 11 is 1.30. The van der Waals surface area contributed by atoms with E-state index in [0.29, 0.717) is 24.6 Å². The van der Waals surface area contributed by atoms with Crippen molar-refractivity contribution in [3.05, 3.63) is 70.2 Å². The summed E-state index contributed by atoms with van der Waals surface area (Å²) in [7, 11) is -1.98. The number of carbonyl (C=O) groups excluding carboxylic acids is 1. The standard InChI is InChI=1S/C22H24N4O4S2/c1-15-6-8-18(9-7-15)32(28,29)26-11-10-19-20(14-26)31-22(24-19)25-21(27)23-13-16-4-3-5-17(12-16)30-2/h3-9,12H,10-11,13-14H2,1-2H3,(H2,23,24,25,27). The fraction of sp³-hybridized carbons (Fsp3) is 0.273. The van der Waals surface area contributed by atoms with Crippen LogP contribution in [0.5, 0.6) is 5.75 Å². The number of methoxy groups -OCH3 is 1. The summed E-state index contributed by atoms with van der Waals surface area (Å²) in [6.07, 6.45) is 0.504. The Balaban J connectivity index is 1.38. The Morgan fingerprint density at radius 2 is 2.00 bits per heavy atom. The van der Waals surface area contributed by atoms with Gasteiger partial charge in [0.15, 0.2) is 5.13 Å². The summed E-state index contributed by atoms with van der Waals surface area (Å²) in [6.45, 7) is 2.86. The van der Waals surface area contributed by atoms with Gasteiger partial charge >= 0.3 is 6.03 Å². The van der Waals surface area contributed by atoms with Crippen LogP contribution < -0.4 is 15.4 Å². The van der Waals surface area contributed by atoms with Gasteiger partial charge < -0.3 is 10.1 Å². The first-order valence-corrected chi connectivity index (χ1v) is 12.3. The number of aryl methyl sites for hydroxylation is 1. The van der Waals surface area contributed by atoms with Crippen molar-refractivity contribution in [2.75, 3.05) is 19.0 Å².